The van der Waals surface area contributed by atoms with Crippen molar-refractivity contribution in [3.8, 4) is 5.75 Å². The molecule has 0 radical (unpaired) electrons. The summed E-state index contributed by atoms with van der Waals surface area (Å²) in [6.07, 6.45) is 1.19. The summed E-state index contributed by atoms with van der Waals surface area (Å²) in [4.78, 5) is 7.53. The number of aliphatic hydroxyl groups is 1. The topological polar surface area (TPSA) is 96.0 Å². The number of rotatable bonds is 7. The molecule has 4 rings (SSSR count). The second kappa shape index (κ2) is 8.89. The summed E-state index contributed by atoms with van der Waals surface area (Å²) >= 11 is 0. The fourth-order valence-electron chi connectivity index (χ4n) is 3.26. The van der Waals surface area contributed by atoms with Gasteiger partial charge in [-0.2, -0.15) is 5.43 Å². The highest BCUT2D eigenvalue weighted by Crippen LogP contribution is 2.35. The number of aromatic nitrogens is 1. The molecule has 0 saturated heterocycles. The van der Waals surface area contributed by atoms with Gasteiger partial charge >= 0.3 is 0 Å². The van der Waals surface area contributed by atoms with Crippen molar-refractivity contribution < 1.29 is 31.8 Å². The van der Waals surface area contributed by atoms with E-state index in [-0.39, 0.29) is 5.56 Å². The van der Waals surface area contributed by atoms with E-state index in [1.807, 2.05) is 0 Å². The van der Waals surface area contributed by atoms with Crippen LogP contribution >= 0.6 is 0 Å². The zero-order valence-corrected chi connectivity index (χ0v) is 16.9. The minimum Gasteiger partial charge on any atom is -0.487 e. The Morgan fingerprint density at radius 3 is 2.73 bits per heavy atom. The fraction of sp³-hybridized carbons (Fsp3) is 0.238. The number of aliphatic imine (C=N–C) groups is 1. The number of alkyl halides is 2. The highest BCUT2D eigenvalue weighted by molar-refractivity contribution is 6.04. The van der Waals surface area contributed by atoms with E-state index in [0.717, 1.165) is 18.2 Å². The molecule has 4 N–H and O–H groups in total. The van der Waals surface area contributed by atoms with E-state index in [2.05, 4.69) is 15.4 Å². The lowest BCUT2D eigenvalue weighted by molar-refractivity contribution is -0.122. The monoisotopic (exact) mass is 467 g/mol. The van der Waals surface area contributed by atoms with Gasteiger partial charge in [-0.3, -0.25) is 15.7 Å². The van der Waals surface area contributed by atoms with Gasteiger partial charge in [0.15, 0.2) is 29.8 Å². The van der Waals surface area contributed by atoms with Gasteiger partial charge in [0.1, 0.15) is 11.7 Å². The number of aliphatic hydroxyl groups excluding tert-OH is 1. The molecule has 1 aromatic heterocycles. The van der Waals surface area contributed by atoms with Gasteiger partial charge in [0.25, 0.3) is 5.92 Å². The summed E-state index contributed by atoms with van der Waals surface area (Å²) in [6, 6.07) is 3.93. The Hall–Kier alpha value is -3.35. The Kier molecular flexibility index (Phi) is 6.15. The number of hydrazine groups is 1. The average Bonchev–Trinajstić information content (AvgIpc) is 3.15. The number of ether oxygens (including phenoxy) is 1. The molecule has 2 aliphatic rings. The first kappa shape index (κ1) is 22.8. The molecule has 174 valence electrons. The third-order valence-corrected chi connectivity index (χ3v) is 4.95. The highest BCUT2D eigenvalue weighted by atomic mass is 19.3. The van der Waals surface area contributed by atoms with Crippen LogP contribution in [0.3, 0.4) is 0 Å². The Balaban J connectivity index is 1.48. The van der Waals surface area contributed by atoms with Crippen molar-refractivity contribution in [3.63, 3.8) is 0 Å². The lowest BCUT2D eigenvalue weighted by Crippen LogP contribution is -2.40. The van der Waals surface area contributed by atoms with Crippen molar-refractivity contribution in [1.29, 1.82) is 0 Å². The maximum Gasteiger partial charge on any atom is 0.282 e. The lowest BCUT2D eigenvalue weighted by Gasteiger charge is -2.22. The quantitative estimate of drug-likeness (QED) is 0.542. The summed E-state index contributed by atoms with van der Waals surface area (Å²) in [7, 11) is 0. The average molecular weight is 467 g/mol. The molecule has 0 spiro atoms. The van der Waals surface area contributed by atoms with Crippen molar-refractivity contribution in [1.82, 2.24) is 15.4 Å². The van der Waals surface area contributed by atoms with Crippen LogP contribution in [0.2, 0.25) is 0 Å². The largest absolute Gasteiger partial charge is 0.487 e. The van der Waals surface area contributed by atoms with E-state index in [1.54, 1.807) is 6.20 Å². The van der Waals surface area contributed by atoms with Crippen molar-refractivity contribution in [2.75, 3.05) is 6.61 Å². The first-order valence-electron chi connectivity index (χ1n) is 9.73. The van der Waals surface area contributed by atoms with Crippen LogP contribution < -0.4 is 15.9 Å². The van der Waals surface area contributed by atoms with E-state index in [9.17, 15) is 22.7 Å². The second-order valence-corrected chi connectivity index (χ2v) is 7.25. The molecule has 12 heteroatoms. The molecular weight excluding hydrogens is 449 g/mol. The molecule has 0 bridgehead atoms. The van der Waals surface area contributed by atoms with Crippen molar-refractivity contribution in [3.05, 3.63) is 77.5 Å². The van der Waals surface area contributed by atoms with Crippen LogP contribution in [0.1, 0.15) is 23.8 Å². The molecule has 0 amide bonds. The highest BCUT2D eigenvalue weighted by Gasteiger charge is 2.40. The molecule has 1 aromatic carbocycles. The van der Waals surface area contributed by atoms with Crippen LogP contribution in [-0.2, 0) is 0 Å². The lowest BCUT2D eigenvalue weighted by atomic mass is 10.0. The van der Waals surface area contributed by atoms with Crippen molar-refractivity contribution in [2.45, 2.75) is 24.7 Å². The molecule has 0 saturated carbocycles. The van der Waals surface area contributed by atoms with Crippen LogP contribution in [-0.4, -0.2) is 39.8 Å². The number of nitrogens with two attached hydrogens (primary N) is 1. The fourth-order valence-corrected chi connectivity index (χ4v) is 3.26. The van der Waals surface area contributed by atoms with Gasteiger partial charge in [-0.15, -0.1) is 0 Å². The van der Waals surface area contributed by atoms with E-state index in [4.69, 9.17) is 10.5 Å². The minimum absolute atomic E-state index is 0.0345. The maximum atomic E-state index is 15.0. The van der Waals surface area contributed by atoms with Gasteiger partial charge < -0.3 is 9.84 Å². The molecule has 33 heavy (non-hydrogen) atoms. The van der Waals surface area contributed by atoms with Gasteiger partial charge in [-0.25, -0.2) is 26.9 Å². The molecule has 2 aromatic rings. The van der Waals surface area contributed by atoms with Crippen LogP contribution in [0.25, 0.3) is 5.57 Å². The number of hydrogen-bond donors (Lipinski definition) is 3. The molecule has 2 atom stereocenters. The predicted molar refractivity (Wildman–Crippen MR) is 108 cm³/mol. The Labute approximate surface area is 184 Å². The third kappa shape index (κ3) is 4.72. The summed E-state index contributed by atoms with van der Waals surface area (Å²) in [5.41, 5.74) is 8.33. The number of fused-ring (bicyclic) bond motifs is 1. The first-order chi connectivity index (χ1) is 15.7. The number of amidine groups is 1. The number of nitrogens with zero attached hydrogens (tertiary/aromatic N) is 3. The zero-order chi connectivity index (χ0) is 23.8. The minimum atomic E-state index is -3.75. The molecular formula is C21H18F5N5O2. The summed E-state index contributed by atoms with van der Waals surface area (Å²) in [6.45, 7) is -0.809. The number of nitrogens with one attached hydrogen (secondary N) is 1. The number of benzene rings is 1. The van der Waals surface area contributed by atoms with Crippen molar-refractivity contribution in [2.24, 2.45) is 10.7 Å². The van der Waals surface area contributed by atoms with E-state index >= 15 is 4.39 Å². The predicted octanol–water partition coefficient (Wildman–Crippen LogP) is 3.01. The molecule has 2 unspecified atom stereocenters. The van der Waals surface area contributed by atoms with Crippen molar-refractivity contribution >= 4 is 11.4 Å². The number of pyridine rings is 1. The van der Waals surface area contributed by atoms with Gasteiger partial charge in [0.05, 0.1) is 18.5 Å². The van der Waals surface area contributed by atoms with E-state index in [1.165, 1.54) is 23.2 Å². The summed E-state index contributed by atoms with van der Waals surface area (Å²) in [5, 5.41) is 11.4. The van der Waals surface area contributed by atoms with Crippen LogP contribution in [0, 0.1) is 17.5 Å². The molecule has 3 heterocycles. The SMILES string of the molecule is NC1N=C2C=C(c3ccc(F)c(OCCC(F)(F)C(O)c4ccc(F)cn4)c3F)C=CN2N1. The third-order valence-electron chi connectivity index (χ3n) is 4.95. The second-order valence-electron chi connectivity index (χ2n) is 7.25. The molecule has 0 fully saturated rings. The van der Waals surface area contributed by atoms with Gasteiger partial charge in [-0.05, 0) is 42.0 Å². The van der Waals surface area contributed by atoms with Crippen LogP contribution in [0.15, 0.2) is 53.8 Å². The normalized spacial score (nSPS) is 18.6. The zero-order valence-electron chi connectivity index (χ0n) is 16.9. The van der Waals surface area contributed by atoms with Gasteiger partial charge in [-0.1, -0.05) is 0 Å². The molecule has 0 aliphatic carbocycles. The van der Waals surface area contributed by atoms with E-state index in [0.29, 0.717) is 17.6 Å². The molecule has 2 aliphatic heterocycles. The van der Waals surface area contributed by atoms with Crippen LogP contribution in [0.5, 0.6) is 5.75 Å². The van der Waals surface area contributed by atoms with E-state index < -0.39 is 60.2 Å². The maximum absolute atomic E-state index is 15.0. The number of allylic oxidation sites excluding steroid dienone is 2. The standard InChI is InChI=1S/C21H18F5N5O2/c22-12-1-4-15(28-10-12)19(32)21(25,26)6-8-33-18-14(23)3-2-13(17(18)24)11-5-7-31-16(9-11)29-20(27)30-31/h1-5,7,9-10,19-20,30,32H,6,8,27H2. The Morgan fingerprint density at radius 1 is 1.21 bits per heavy atom. The summed E-state index contributed by atoms with van der Waals surface area (Å²) in [5.74, 6) is -7.09. The Bertz CT molecular complexity index is 1140. The number of halogens is 5. The van der Waals surface area contributed by atoms with Gasteiger partial charge in [0.2, 0.25) is 0 Å². The molecule has 7 nitrogen and oxygen atoms in total. The van der Waals surface area contributed by atoms with Gasteiger partial charge in [0, 0.05) is 18.2 Å². The van der Waals surface area contributed by atoms with Crippen LogP contribution in [0.4, 0.5) is 22.0 Å². The first-order valence-corrected chi connectivity index (χ1v) is 9.73. The smallest absolute Gasteiger partial charge is 0.282 e. The number of hydrogen-bond acceptors (Lipinski definition) is 7. The Morgan fingerprint density at radius 2 is 2.00 bits per heavy atom. The summed E-state index contributed by atoms with van der Waals surface area (Å²) < 4.78 is 75.8.